The smallest absolute Gasteiger partial charge is 0.257 e. The SMILES string of the molecule is CCC(=O)N1CCC[C@@H]1[C@@H]1CCCN1[C@H](C)c1nnc(-c2cccs2)o1. The van der Waals surface area contributed by atoms with E-state index in [9.17, 15) is 4.79 Å². The fourth-order valence-electron chi connectivity index (χ4n) is 4.46. The van der Waals surface area contributed by atoms with Gasteiger partial charge in [-0.15, -0.1) is 21.5 Å². The molecule has 0 N–H and O–H groups in total. The quantitative estimate of drug-likeness (QED) is 0.798. The molecule has 2 aromatic rings. The van der Waals surface area contributed by atoms with Gasteiger partial charge in [-0.3, -0.25) is 9.69 Å². The van der Waals surface area contributed by atoms with Gasteiger partial charge in [-0.1, -0.05) is 13.0 Å². The zero-order valence-corrected chi connectivity index (χ0v) is 16.2. The Morgan fingerprint density at radius 1 is 1.31 bits per heavy atom. The van der Waals surface area contributed by atoms with Crippen LogP contribution >= 0.6 is 11.3 Å². The third kappa shape index (κ3) is 3.18. The zero-order valence-electron chi connectivity index (χ0n) is 15.4. The highest BCUT2D eigenvalue weighted by atomic mass is 32.1. The molecule has 4 heterocycles. The van der Waals surface area contributed by atoms with E-state index in [-0.39, 0.29) is 11.9 Å². The average Bonchev–Trinajstić information content (AvgIpc) is 3.45. The van der Waals surface area contributed by atoms with Gasteiger partial charge in [0.1, 0.15) is 0 Å². The Balaban J connectivity index is 1.52. The molecule has 0 saturated carbocycles. The van der Waals surface area contributed by atoms with E-state index in [1.54, 1.807) is 11.3 Å². The summed E-state index contributed by atoms with van der Waals surface area (Å²) in [7, 11) is 0. The summed E-state index contributed by atoms with van der Waals surface area (Å²) in [5.41, 5.74) is 0. The highest BCUT2D eigenvalue weighted by Crippen LogP contribution is 2.36. The van der Waals surface area contributed by atoms with Crippen LogP contribution in [0.2, 0.25) is 0 Å². The summed E-state index contributed by atoms with van der Waals surface area (Å²) < 4.78 is 5.97. The van der Waals surface area contributed by atoms with Gasteiger partial charge in [-0.2, -0.15) is 0 Å². The van der Waals surface area contributed by atoms with E-state index in [1.807, 2.05) is 24.4 Å². The maximum atomic E-state index is 12.3. The number of nitrogens with zero attached hydrogens (tertiary/aromatic N) is 4. The molecule has 0 radical (unpaired) electrons. The summed E-state index contributed by atoms with van der Waals surface area (Å²) in [5.74, 6) is 1.55. The fraction of sp³-hybridized carbons (Fsp3) is 0.632. The Morgan fingerprint density at radius 3 is 2.88 bits per heavy atom. The van der Waals surface area contributed by atoms with Crippen molar-refractivity contribution in [3.63, 3.8) is 0 Å². The largest absolute Gasteiger partial charge is 0.418 e. The minimum Gasteiger partial charge on any atom is -0.418 e. The summed E-state index contributed by atoms with van der Waals surface area (Å²) in [6, 6.07) is 4.77. The molecule has 0 unspecified atom stereocenters. The van der Waals surface area contributed by atoms with Crippen molar-refractivity contribution < 1.29 is 9.21 Å². The lowest BCUT2D eigenvalue weighted by molar-refractivity contribution is -0.132. The maximum Gasteiger partial charge on any atom is 0.257 e. The number of thiophene rings is 1. The van der Waals surface area contributed by atoms with Crippen molar-refractivity contribution in [2.75, 3.05) is 13.1 Å². The van der Waals surface area contributed by atoms with Crippen LogP contribution in [-0.2, 0) is 4.79 Å². The molecule has 0 spiro atoms. The fourth-order valence-corrected chi connectivity index (χ4v) is 5.10. The normalized spacial score (nSPS) is 25.1. The van der Waals surface area contributed by atoms with E-state index in [4.69, 9.17) is 4.42 Å². The number of likely N-dealkylation sites (tertiary alicyclic amines) is 2. The number of aromatic nitrogens is 2. The number of carbonyl (C=O) groups is 1. The van der Waals surface area contributed by atoms with Gasteiger partial charge in [-0.05, 0) is 50.6 Å². The molecule has 0 bridgehead atoms. The second-order valence-corrected chi connectivity index (χ2v) is 8.14. The van der Waals surface area contributed by atoms with E-state index >= 15 is 0 Å². The van der Waals surface area contributed by atoms with Crippen LogP contribution in [0.15, 0.2) is 21.9 Å². The van der Waals surface area contributed by atoms with Crippen LogP contribution in [0.5, 0.6) is 0 Å². The molecule has 2 aliphatic heterocycles. The third-order valence-electron chi connectivity index (χ3n) is 5.74. The lowest BCUT2D eigenvalue weighted by atomic mass is 10.0. The van der Waals surface area contributed by atoms with Gasteiger partial charge >= 0.3 is 0 Å². The topological polar surface area (TPSA) is 62.5 Å². The van der Waals surface area contributed by atoms with Crippen LogP contribution in [0, 0.1) is 0 Å². The van der Waals surface area contributed by atoms with Gasteiger partial charge < -0.3 is 9.32 Å². The van der Waals surface area contributed by atoms with Gasteiger partial charge in [-0.25, -0.2) is 0 Å². The van der Waals surface area contributed by atoms with Crippen molar-refractivity contribution in [3.05, 3.63) is 23.4 Å². The first kappa shape index (κ1) is 17.7. The molecule has 6 nitrogen and oxygen atoms in total. The van der Waals surface area contributed by atoms with Crippen molar-refractivity contribution in [3.8, 4) is 10.8 Å². The monoisotopic (exact) mass is 374 g/mol. The molecule has 2 fully saturated rings. The van der Waals surface area contributed by atoms with E-state index < -0.39 is 0 Å². The van der Waals surface area contributed by atoms with Crippen LogP contribution in [0.25, 0.3) is 10.8 Å². The first-order chi connectivity index (χ1) is 12.7. The molecule has 3 atom stereocenters. The number of carbonyl (C=O) groups excluding carboxylic acids is 1. The molecule has 4 rings (SSSR count). The molecule has 2 saturated heterocycles. The predicted octanol–water partition coefficient (Wildman–Crippen LogP) is 3.72. The van der Waals surface area contributed by atoms with Gasteiger partial charge in [0.15, 0.2) is 0 Å². The average molecular weight is 375 g/mol. The van der Waals surface area contributed by atoms with Crippen molar-refractivity contribution >= 4 is 17.2 Å². The molecule has 26 heavy (non-hydrogen) atoms. The lowest BCUT2D eigenvalue weighted by Gasteiger charge is -2.37. The highest BCUT2D eigenvalue weighted by Gasteiger charge is 2.41. The van der Waals surface area contributed by atoms with Gasteiger partial charge in [0.05, 0.1) is 10.9 Å². The van der Waals surface area contributed by atoms with Crippen molar-refractivity contribution in [1.82, 2.24) is 20.0 Å². The van der Waals surface area contributed by atoms with Gasteiger partial charge in [0.25, 0.3) is 5.89 Å². The summed E-state index contributed by atoms with van der Waals surface area (Å²) in [6.07, 6.45) is 5.09. The van der Waals surface area contributed by atoms with E-state index in [2.05, 4.69) is 26.9 Å². The van der Waals surface area contributed by atoms with Gasteiger partial charge in [0.2, 0.25) is 11.8 Å². The van der Waals surface area contributed by atoms with Crippen LogP contribution in [0.4, 0.5) is 0 Å². The summed E-state index contributed by atoms with van der Waals surface area (Å²) in [6.45, 7) is 6.02. The Labute approximate surface area is 158 Å². The predicted molar refractivity (Wildman–Crippen MR) is 101 cm³/mol. The van der Waals surface area contributed by atoms with Crippen molar-refractivity contribution in [2.45, 2.75) is 64.1 Å². The first-order valence-electron chi connectivity index (χ1n) is 9.61. The molecular formula is C19H26N4O2S. The second kappa shape index (κ2) is 7.48. The molecular weight excluding hydrogens is 348 g/mol. The van der Waals surface area contributed by atoms with E-state index in [1.165, 1.54) is 0 Å². The maximum absolute atomic E-state index is 12.3. The standard InChI is InChI=1S/C19H26N4O2S/c1-3-17(24)23-11-5-8-15(23)14-7-4-10-22(14)13(2)18-20-21-19(25-18)16-9-6-12-26-16/h6,9,12-15H,3-5,7-8,10-11H2,1-2H3/t13-,14+,15-/m1/s1. The second-order valence-electron chi connectivity index (χ2n) is 7.20. The Kier molecular flexibility index (Phi) is 5.09. The molecule has 0 aromatic carbocycles. The van der Waals surface area contributed by atoms with Crippen LogP contribution in [0.3, 0.4) is 0 Å². The first-order valence-corrected chi connectivity index (χ1v) is 10.5. The number of amides is 1. The van der Waals surface area contributed by atoms with Crippen LogP contribution < -0.4 is 0 Å². The van der Waals surface area contributed by atoms with Gasteiger partial charge in [0, 0.05) is 25.0 Å². The van der Waals surface area contributed by atoms with Crippen molar-refractivity contribution in [1.29, 1.82) is 0 Å². The number of hydrogen-bond acceptors (Lipinski definition) is 6. The minimum atomic E-state index is 0.0721. The number of hydrogen-bond donors (Lipinski definition) is 0. The summed E-state index contributed by atoms with van der Waals surface area (Å²) >= 11 is 1.61. The molecule has 2 aliphatic rings. The molecule has 7 heteroatoms. The van der Waals surface area contributed by atoms with E-state index in [0.29, 0.717) is 30.3 Å². The molecule has 2 aromatic heterocycles. The van der Waals surface area contributed by atoms with E-state index in [0.717, 1.165) is 43.6 Å². The lowest BCUT2D eigenvalue weighted by Crippen LogP contribution is -2.48. The Bertz CT molecular complexity index is 745. The molecule has 1 amide bonds. The zero-order chi connectivity index (χ0) is 18.1. The number of rotatable bonds is 5. The Hall–Kier alpha value is -1.73. The minimum absolute atomic E-state index is 0.0721. The van der Waals surface area contributed by atoms with Crippen LogP contribution in [0.1, 0.15) is 57.9 Å². The molecule has 0 aliphatic carbocycles. The Morgan fingerprint density at radius 2 is 2.12 bits per heavy atom. The third-order valence-corrected chi connectivity index (χ3v) is 6.59. The highest BCUT2D eigenvalue weighted by molar-refractivity contribution is 7.13. The van der Waals surface area contributed by atoms with Crippen molar-refractivity contribution in [2.24, 2.45) is 0 Å². The summed E-state index contributed by atoms with van der Waals surface area (Å²) in [4.78, 5) is 17.9. The summed E-state index contributed by atoms with van der Waals surface area (Å²) in [5, 5.41) is 10.6. The molecule has 140 valence electrons. The van der Waals surface area contributed by atoms with Crippen LogP contribution in [-0.4, -0.2) is 51.1 Å².